The van der Waals surface area contributed by atoms with E-state index in [0.717, 1.165) is 5.56 Å². The first-order chi connectivity index (χ1) is 8.78. The maximum absolute atomic E-state index is 10.9. The van der Waals surface area contributed by atoms with Gasteiger partial charge < -0.3 is 4.74 Å². The van der Waals surface area contributed by atoms with Crippen LogP contribution < -0.4 is 0 Å². The fraction of sp³-hybridized carbons (Fsp3) is 0.143. The van der Waals surface area contributed by atoms with Gasteiger partial charge in [-0.1, -0.05) is 30.3 Å². The molecule has 0 aliphatic rings. The van der Waals surface area contributed by atoms with Crippen LogP contribution in [0.3, 0.4) is 0 Å². The lowest BCUT2D eigenvalue weighted by molar-refractivity contribution is -0.134. The average molecular weight is 242 g/mol. The number of hydrogen-bond donors (Lipinski definition) is 0. The minimum absolute atomic E-state index is 0.370. The van der Waals surface area contributed by atoms with Crippen LogP contribution in [0.1, 0.15) is 11.1 Å². The van der Waals surface area contributed by atoms with Crippen molar-refractivity contribution in [3.05, 3.63) is 59.9 Å². The number of benzene rings is 1. The minimum Gasteiger partial charge on any atom is -0.466 e. The number of carbonyl (C=O) groups is 1. The van der Waals surface area contributed by atoms with Crippen LogP contribution in [0.25, 0.3) is 6.08 Å². The Morgan fingerprint density at radius 2 is 2.17 bits per heavy atom. The average Bonchev–Trinajstić information content (AvgIpc) is 2.85. The molecule has 0 unspecified atom stereocenters. The number of methoxy groups -OCH3 is 1. The Hall–Kier alpha value is -2.36. The van der Waals surface area contributed by atoms with Crippen molar-refractivity contribution in [2.75, 3.05) is 7.11 Å². The molecule has 0 radical (unpaired) electrons. The van der Waals surface area contributed by atoms with Gasteiger partial charge in [0, 0.05) is 17.8 Å². The van der Waals surface area contributed by atoms with E-state index in [1.165, 1.54) is 18.7 Å². The molecular formula is C14H14N2O2. The number of nitrogens with zero attached hydrogens (tertiary/aromatic N) is 2. The minimum atomic E-state index is -0.370. The molecule has 0 saturated heterocycles. The van der Waals surface area contributed by atoms with Gasteiger partial charge >= 0.3 is 5.97 Å². The molecule has 0 spiro atoms. The van der Waals surface area contributed by atoms with Crippen molar-refractivity contribution < 1.29 is 9.53 Å². The molecule has 2 rings (SSSR count). The predicted octanol–water partition coefficient (Wildman–Crippen LogP) is 2.12. The van der Waals surface area contributed by atoms with E-state index in [-0.39, 0.29) is 5.97 Å². The highest BCUT2D eigenvalue weighted by molar-refractivity contribution is 5.86. The van der Waals surface area contributed by atoms with Gasteiger partial charge in [-0.05, 0) is 11.6 Å². The van der Waals surface area contributed by atoms with Gasteiger partial charge in [-0.3, -0.25) is 4.68 Å². The number of aromatic nitrogens is 2. The summed E-state index contributed by atoms with van der Waals surface area (Å²) in [6, 6.07) is 10.1. The van der Waals surface area contributed by atoms with Gasteiger partial charge in [-0.25, -0.2) is 4.79 Å². The van der Waals surface area contributed by atoms with Crippen LogP contribution in [-0.2, 0) is 16.1 Å². The molecule has 0 N–H and O–H groups in total. The summed E-state index contributed by atoms with van der Waals surface area (Å²) in [5.74, 6) is -0.370. The fourth-order valence-corrected chi connectivity index (χ4v) is 1.55. The van der Waals surface area contributed by atoms with Gasteiger partial charge in [-0.2, -0.15) is 5.10 Å². The Kier molecular flexibility index (Phi) is 3.91. The van der Waals surface area contributed by atoms with Crippen LogP contribution in [-0.4, -0.2) is 22.9 Å². The lowest BCUT2D eigenvalue weighted by Crippen LogP contribution is -1.99. The Balaban J connectivity index is 2.02. The van der Waals surface area contributed by atoms with Crippen molar-refractivity contribution in [2.24, 2.45) is 0 Å². The van der Waals surface area contributed by atoms with E-state index in [4.69, 9.17) is 0 Å². The van der Waals surface area contributed by atoms with E-state index in [2.05, 4.69) is 9.84 Å². The topological polar surface area (TPSA) is 44.1 Å². The number of hydrogen-bond acceptors (Lipinski definition) is 3. The van der Waals surface area contributed by atoms with Crippen molar-refractivity contribution >= 4 is 12.0 Å². The molecule has 0 aliphatic carbocycles. The maximum Gasteiger partial charge on any atom is 0.330 e. The summed E-state index contributed by atoms with van der Waals surface area (Å²) in [5.41, 5.74) is 2.06. The fourth-order valence-electron chi connectivity index (χ4n) is 1.55. The van der Waals surface area contributed by atoms with Crippen molar-refractivity contribution in [3.63, 3.8) is 0 Å². The van der Waals surface area contributed by atoms with Gasteiger partial charge in [0.2, 0.25) is 0 Å². The third-order valence-electron chi connectivity index (χ3n) is 2.45. The monoisotopic (exact) mass is 242 g/mol. The summed E-state index contributed by atoms with van der Waals surface area (Å²) in [6.45, 7) is 0.715. The predicted molar refractivity (Wildman–Crippen MR) is 68.8 cm³/mol. The summed E-state index contributed by atoms with van der Waals surface area (Å²) in [7, 11) is 1.35. The molecule has 1 heterocycles. The van der Waals surface area contributed by atoms with Crippen molar-refractivity contribution in [1.82, 2.24) is 9.78 Å². The van der Waals surface area contributed by atoms with Gasteiger partial charge in [-0.15, -0.1) is 0 Å². The molecule has 18 heavy (non-hydrogen) atoms. The standard InChI is InChI=1S/C14H14N2O2/c1-18-14(17)8-7-13-9-15-16(11-13)10-12-5-3-2-4-6-12/h2-9,11H,10H2,1H3/b8-7+. The quantitative estimate of drug-likeness (QED) is 0.609. The molecule has 4 nitrogen and oxygen atoms in total. The first-order valence-corrected chi connectivity index (χ1v) is 5.60. The Morgan fingerprint density at radius 3 is 2.89 bits per heavy atom. The lowest BCUT2D eigenvalue weighted by atomic mass is 10.2. The van der Waals surface area contributed by atoms with Crippen LogP contribution in [0.5, 0.6) is 0 Å². The van der Waals surface area contributed by atoms with Crippen LogP contribution in [0.2, 0.25) is 0 Å². The van der Waals surface area contributed by atoms with Crippen LogP contribution in [0, 0.1) is 0 Å². The van der Waals surface area contributed by atoms with Crippen molar-refractivity contribution in [2.45, 2.75) is 6.54 Å². The van der Waals surface area contributed by atoms with E-state index < -0.39 is 0 Å². The van der Waals surface area contributed by atoms with E-state index in [1.807, 2.05) is 41.2 Å². The Bertz CT molecular complexity index is 544. The molecule has 92 valence electrons. The zero-order valence-corrected chi connectivity index (χ0v) is 10.1. The highest BCUT2D eigenvalue weighted by Crippen LogP contribution is 2.05. The number of rotatable bonds is 4. The normalized spacial score (nSPS) is 10.7. The molecular weight excluding hydrogens is 228 g/mol. The van der Waals surface area contributed by atoms with Crippen LogP contribution in [0.4, 0.5) is 0 Å². The number of carbonyl (C=O) groups excluding carboxylic acids is 1. The third-order valence-corrected chi connectivity index (χ3v) is 2.45. The third kappa shape index (κ3) is 3.31. The van der Waals surface area contributed by atoms with Gasteiger partial charge in [0.25, 0.3) is 0 Å². The van der Waals surface area contributed by atoms with E-state index >= 15 is 0 Å². The molecule has 0 atom stereocenters. The summed E-state index contributed by atoms with van der Waals surface area (Å²) >= 11 is 0. The van der Waals surface area contributed by atoms with E-state index in [9.17, 15) is 4.79 Å². The molecule has 0 bridgehead atoms. The second-order valence-corrected chi connectivity index (χ2v) is 3.81. The zero-order valence-electron chi connectivity index (χ0n) is 10.1. The van der Waals surface area contributed by atoms with Crippen LogP contribution >= 0.6 is 0 Å². The molecule has 2 aromatic rings. The summed E-state index contributed by atoms with van der Waals surface area (Å²) < 4.78 is 6.35. The van der Waals surface area contributed by atoms with E-state index in [0.29, 0.717) is 6.54 Å². The molecule has 0 amide bonds. The molecule has 0 saturated carbocycles. The zero-order chi connectivity index (χ0) is 12.8. The second-order valence-electron chi connectivity index (χ2n) is 3.81. The van der Waals surface area contributed by atoms with E-state index in [1.54, 1.807) is 12.3 Å². The molecule has 4 heteroatoms. The molecule has 1 aromatic heterocycles. The first kappa shape index (κ1) is 12.1. The lowest BCUT2D eigenvalue weighted by Gasteiger charge is -2.00. The summed E-state index contributed by atoms with van der Waals surface area (Å²) in [4.78, 5) is 10.9. The molecule has 1 aromatic carbocycles. The van der Waals surface area contributed by atoms with Gasteiger partial charge in [0.05, 0.1) is 19.9 Å². The maximum atomic E-state index is 10.9. The summed E-state index contributed by atoms with van der Waals surface area (Å²) in [6.07, 6.45) is 6.65. The Labute approximate surface area is 106 Å². The number of esters is 1. The van der Waals surface area contributed by atoms with Gasteiger partial charge in [0.15, 0.2) is 0 Å². The SMILES string of the molecule is COC(=O)/C=C/c1cnn(Cc2ccccc2)c1. The van der Waals surface area contributed by atoms with Crippen molar-refractivity contribution in [1.29, 1.82) is 0 Å². The highest BCUT2D eigenvalue weighted by atomic mass is 16.5. The molecule has 0 aliphatic heterocycles. The first-order valence-electron chi connectivity index (χ1n) is 5.60. The highest BCUT2D eigenvalue weighted by Gasteiger charge is 1.98. The second kappa shape index (κ2) is 5.82. The van der Waals surface area contributed by atoms with Crippen molar-refractivity contribution in [3.8, 4) is 0 Å². The van der Waals surface area contributed by atoms with Gasteiger partial charge in [0.1, 0.15) is 0 Å². The largest absolute Gasteiger partial charge is 0.466 e. The molecule has 0 fully saturated rings. The van der Waals surface area contributed by atoms with Crippen LogP contribution in [0.15, 0.2) is 48.8 Å². The Morgan fingerprint density at radius 1 is 1.39 bits per heavy atom. The summed E-state index contributed by atoms with van der Waals surface area (Å²) in [5, 5.41) is 4.23. The smallest absolute Gasteiger partial charge is 0.330 e. The number of ether oxygens (including phenoxy) is 1.